The van der Waals surface area contributed by atoms with Crippen LogP contribution in [0.15, 0.2) is 84.9 Å². The molecule has 0 spiro atoms. The minimum atomic E-state index is -0.247. The summed E-state index contributed by atoms with van der Waals surface area (Å²) in [6.45, 7) is 3.53. The lowest BCUT2D eigenvalue weighted by Crippen LogP contribution is -2.50. The molecular formula is C24H24FN3S. The van der Waals surface area contributed by atoms with Crippen LogP contribution in [0.25, 0.3) is 0 Å². The molecule has 3 aromatic rings. The summed E-state index contributed by atoms with van der Waals surface area (Å²) in [5.74, 6) is -0.247. The van der Waals surface area contributed by atoms with E-state index in [1.807, 2.05) is 0 Å². The minimum absolute atomic E-state index is 0.234. The predicted octanol–water partition coefficient (Wildman–Crippen LogP) is 4.93. The van der Waals surface area contributed by atoms with Crippen LogP contribution in [0.2, 0.25) is 0 Å². The molecule has 0 aromatic heterocycles. The molecule has 3 nitrogen and oxygen atoms in total. The minimum Gasteiger partial charge on any atom is -0.346 e. The van der Waals surface area contributed by atoms with Gasteiger partial charge in [-0.15, -0.1) is 0 Å². The van der Waals surface area contributed by atoms with Crippen molar-refractivity contribution in [2.24, 2.45) is 0 Å². The Morgan fingerprint density at radius 2 is 1.28 bits per heavy atom. The maximum absolute atomic E-state index is 13.1. The Labute approximate surface area is 176 Å². The highest BCUT2D eigenvalue weighted by molar-refractivity contribution is 7.80. The fourth-order valence-corrected chi connectivity index (χ4v) is 4.10. The van der Waals surface area contributed by atoms with E-state index in [4.69, 9.17) is 12.2 Å². The van der Waals surface area contributed by atoms with Crippen LogP contribution >= 0.6 is 12.2 Å². The van der Waals surface area contributed by atoms with Gasteiger partial charge in [0, 0.05) is 31.9 Å². The lowest BCUT2D eigenvalue weighted by Gasteiger charge is -2.40. The van der Waals surface area contributed by atoms with E-state index in [1.54, 1.807) is 12.1 Å². The predicted molar refractivity (Wildman–Crippen MR) is 120 cm³/mol. The van der Waals surface area contributed by atoms with Gasteiger partial charge in [-0.3, -0.25) is 4.90 Å². The van der Waals surface area contributed by atoms with E-state index in [0.717, 1.165) is 31.9 Å². The van der Waals surface area contributed by atoms with Gasteiger partial charge in [0.25, 0.3) is 0 Å². The van der Waals surface area contributed by atoms with Crippen molar-refractivity contribution >= 4 is 23.0 Å². The van der Waals surface area contributed by atoms with Crippen molar-refractivity contribution in [3.05, 3.63) is 102 Å². The second-order valence-corrected chi connectivity index (χ2v) is 7.57. The molecule has 1 N–H and O–H groups in total. The summed E-state index contributed by atoms with van der Waals surface area (Å²) in [5.41, 5.74) is 3.42. The Morgan fingerprint density at radius 1 is 0.759 bits per heavy atom. The molecule has 0 amide bonds. The Balaban J connectivity index is 1.44. The summed E-state index contributed by atoms with van der Waals surface area (Å²) in [7, 11) is 0. The maximum atomic E-state index is 13.1. The zero-order valence-corrected chi connectivity index (χ0v) is 17.0. The maximum Gasteiger partial charge on any atom is 0.173 e. The molecule has 0 atom stereocenters. The first-order valence-corrected chi connectivity index (χ1v) is 10.3. The van der Waals surface area contributed by atoms with E-state index in [2.05, 4.69) is 75.8 Å². The normalized spacial score (nSPS) is 14.8. The SMILES string of the molecule is Fc1ccc(NC(=S)N2CCN(C(c3ccccc3)c3ccccc3)CC2)cc1. The van der Waals surface area contributed by atoms with Gasteiger partial charge in [-0.1, -0.05) is 60.7 Å². The highest BCUT2D eigenvalue weighted by Gasteiger charge is 2.27. The molecule has 1 saturated heterocycles. The Hall–Kier alpha value is -2.76. The molecule has 148 valence electrons. The lowest BCUT2D eigenvalue weighted by molar-refractivity contribution is 0.151. The Kier molecular flexibility index (Phi) is 6.17. The van der Waals surface area contributed by atoms with Crippen LogP contribution < -0.4 is 5.32 Å². The molecule has 0 radical (unpaired) electrons. The number of piperazine rings is 1. The van der Waals surface area contributed by atoms with E-state index < -0.39 is 0 Å². The van der Waals surface area contributed by atoms with Gasteiger partial charge in [-0.05, 0) is 47.6 Å². The van der Waals surface area contributed by atoms with Gasteiger partial charge in [0.2, 0.25) is 0 Å². The van der Waals surface area contributed by atoms with Crippen molar-refractivity contribution in [1.29, 1.82) is 0 Å². The molecule has 1 aliphatic rings. The van der Waals surface area contributed by atoms with E-state index in [1.165, 1.54) is 23.3 Å². The number of anilines is 1. The van der Waals surface area contributed by atoms with E-state index in [0.29, 0.717) is 5.11 Å². The highest BCUT2D eigenvalue weighted by Crippen LogP contribution is 2.29. The van der Waals surface area contributed by atoms with Gasteiger partial charge in [0.15, 0.2) is 5.11 Å². The summed E-state index contributed by atoms with van der Waals surface area (Å²) in [5, 5.41) is 3.91. The monoisotopic (exact) mass is 405 g/mol. The zero-order chi connectivity index (χ0) is 20.1. The fourth-order valence-electron chi connectivity index (χ4n) is 3.80. The van der Waals surface area contributed by atoms with Gasteiger partial charge < -0.3 is 10.2 Å². The first-order valence-electron chi connectivity index (χ1n) is 9.86. The first kappa shape index (κ1) is 19.6. The molecule has 5 heteroatoms. The third-order valence-electron chi connectivity index (χ3n) is 5.29. The van der Waals surface area contributed by atoms with Crippen LogP contribution in [0.5, 0.6) is 0 Å². The largest absolute Gasteiger partial charge is 0.346 e. The molecule has 3 aromatic carbocycles. The molecule has 0 bridgehead atoms. The van der Waals surface area contributed by atoms with Crippen molar-refractivity contribution in [1.82, 2.24) is 9.80 Å². The Morgan fingerprint density at radius 3 is 1.79 bits per heavy atom. The summed E-state index contributed by atoms with van der Waals surface area (Å²) < 4.78 is 13.1. The van der Waals surface area contributed by atoms with E-state index >= 15 is 0 Å². The quantitative estimate of drug-likeness (QED) is 0.620. The molecule has 0 unspecified atom stereocenters. The number of rotatable bonds is 4. The average molecular weight is 406 g/mol. The topological polar surface area (TPSA) is 18.5 Å². The van der Waals surface area contributed by atoms with E-state index in [-0.39, 0.29) is 11.9 Å². The second-order valence-electron chi connectivity index (χ2n) is 7.18. The van der Waals surface area contributed by atoms with Crippen molar-refractivity contribution < 1.29 is 4.39 Å². The lowest BCUT2D eigenvalue weighted by atomic mass is 9.96. The molecule has 1 aliphatic heterocycles. The van der Waals surface area contributed by atoms with Crippen LogP contribution in [0.1, 0.15) is 17.2 Å². The molecule has 1 fully saturated rings. The van der Waals surface area contributed by atoms with Gasteiger partial charge in [-0.25, -0.2) is 4.39 Å². The molecule has 0 saturated carbocycles. The molecule has 1 heterocycles. The average Bonchev–Trinajstić information content (AvgIpc) is 2.77. The van der Waals surface area contributed by atoms with E-state index in [9.17, 15) is 4.39 Å². The third kappa shape index (κ3) is 4.81. The summed E-state index contributed by atoms with van der Waals surface area (Å²) in [4.78, 5) is 4.70. The van der Waals surface area contributed by atoms with Crippen LogP contribution in [-0.4, -0.2) is 41.1 Å². The zero-order valence-electron chi connectivity index (χ0n) is 16.2. The Bertz CT molecular complexity index is 884. The third-order valence-corrected chi connectivity index (χ3v) is 5.65. The molecule has 4 rings (SSSR count). The standard InChI is InChI=1S/C24H24FN3S/c25-21-11-13-22(14-12-21)26-24(29)28-17-15-27(16-18-28)23(19-7-3-1-4-8-19)20-9-5-2-6-10-20/h1-14,23H,15-18H2,(H,26,29). The number of nitrogens with one attached hydrogen (secondary N) is 1. The number of hydrogen-bond donors (Lipinski definition) is 1. The number of thiocarbonyl (C=S) groups is 1. The van der Waals surface area contributed by atoms with Crippen LogP contribution in [0, 0.1) is 5.82 Å². The first-order chi connectivity index (χ1) is 14.2. The van der Waals surface area contributed by atoms with Crippen molar-refractivity contribution in [2.75, 3.05) is 31.5 Å². The summed E-state index contributed by atoms with van der Waals surface area (Å²) in [6, 6.07) is 27.8. The summed E-state index contributed by atoms with van der Waals surface area (Å²) >= 11 is 5.58. The fraction of sp³-hybridized carbons (Fsp3) is 0.208. The van der Waals surface area contributed by atoms with Crippen LogP contribution in [0.3, 0.4) is 0 Å². The van der Waals surface area contributed by atoms with Crippen LogP contribution in [0.4, 0.5) is 10.1 Å². The summed E-state index contributed by atoms with van der Waals surface area (Å²) in [6.07, 6.45) is 0. The number of nitrogens with zero attached hydrogens (tertiary/aromatic N) is 2. The highest BCUT2D eigenvalue weighted by atomic mass is 32.1. The van der Waals surface area contributed by atoms with Gasteiger partial charge in [0.05, 0.1) is 6.04 Å². The van der Waals surface area contributed by atoms with Gasteiger partial charge in [0.1, 0.15) is 5.82 Å². The number of halogens is 1. The van der Waals surface area contributed by atoms with Crippen LogP contribution in [-0.2, 0) is 0 Å². The van der Waals surface area contributed by atoms with Gasteiger partial charge >= 0.3 is 0 Å². The molecule has 29 heavy (non-hydrogen) atoms. The molecule has 0 aliphatic carbocycles. The van der Waals surface area contributed by atoms with Crippen molar-refractivity contribution in [3.63, 3.8) is 0 Å². The van der Waals surface area contributed by atoms with Crippen molar-refractivity contribution in [3.8, 4) is 0 Å². The number of hydrogen-bond acceptors (Lipinski definition) is 2. The van der Waals surface area contributed by atoms with Crippen molar-refractivity contribution in [2.45, 2.75) is 6.04 Å². The molecular weight excluding hydrogens is 381 g/mol. The van der Waals surface area contributed by atoms with Gasteiger partial charge in [-0.2, -0.15) is 0 Å². The smallest absolute Gasteiger partial charge is 0.173 e. The number of benzene rings is 3. The second kappa shape index (κ2) is 9.16.